The van der Waals surface area contributed by atoms with Crippen molar-refractivity contribution in [2.24, 2.45) is 0 Å². The maximum Gasteiger partial charge on any atom is 0.311 e. The van der Waals surface area contributed by atoms with Crippen molar-refractivity contribution < 1.29 is 28.5 Å². The third-order valence-corrected chi connectivity index (χ3v) is 6.32. The Morgan fingerprint density at radius 1 is 1.19 bits per heavy atom. The van der Waals surface area contributed by atoms with Crippen LogP contribution in [0.4, 0.5) is 4.39 Å². The van der Waals surface area contributed by atoms with Crippen LogP contribution in [0.2, 0.25) is 5.02 Å². The Bertz CT molecular complexity index is 1460. The zero-order chi connectivity index (χ0) is 26.1. The van der Waals surface area contributed by atoms with Gasteiger partial charge in [0.1, 0.15) is 24.4 Å². The third-order valence-electron chi connectivity index (χ3n) is 6.10. The van der Waals surface area contributed by atoms with Crippen LogP contribution in [0.1, 0.15) is 41.3 Å². The van der Waals surface area contributed by atoms with E-state index in [0.717, 1.165) is 5.69 Å². The number of aryl methyl sites for hydroxylation is 1. The summed E-state index contributed by atoms with van der Waals surface area (Å²) >= 11 is 6.31. The van der Waals surface area contributed by atoms with Gasteiger partial charge in [-0.15, -0.1) is 10.2 Å². The second-order valence-corrected chi connectivity index (χ2v) is 8.81. The van der Waals surface area contributed by atoms with Crippen LogP contribution < -0.4 is 9.47 Å². The molecular weight excluding hydrogens is 505 g/mol. The average Bonchev–Trinajstić information content (AvgIpc) is 3.50. The van der Waals surface area contributed by atoms with Crippen LogP contribution >= 0.6 is 11.6 Å². The number of ether oxygens (including phenoxy) is 3. The van der Waals surface area contributed by atoms with Gasteiger partial charge >= 0.3 is 5.97 Å². The number of carbonyl (C=O) groups is 1. The number of nitrogens with zero attached hydrogens (tertiary/aromatic N) is 5. The quantitative estimate of drug-likeness (QED) is 0.363. The smallest absolute Gasteiger partial charge is 0.311 e. The van der Waals surface area contributed by atoms with Crippen molar-refractivity contribution in [3.05, 3.63) is 82.1 Å². The van der Waals surface area contributed by atoms with E-state index in [0.29, 0.717) is 34.7 Å². The number of methoxy groups -OCH3 is 2. The molecule has 2 atom stereocenters. The first kappa shape index (κ1) is 24.7. The van der Waals surface area contributed by atoms with Gasteiger partial charge in [0.15, 0.2) is 17.3 Å². The monoisotopic (exact) mass is 527 g/mol. The number of rotatable bonds is 8. The van der Waals surface area contributed by atoms with Gasteiger partial charge in [-0.2, -0.15) is 4.80 Å². The Morgan fingerprint density at radius 3 is 2.78 bits per heavy atom. The Morgan fingerprint density at radius 2 is 2.03 bits per heavy atom. The summed E-state index contributed by atoms with van der Waals surface area (Å²) < 4.78 is 35.1. The molecule has 0 spiro atoms. The molecule has 5 rings (SSSR count). The van der Waals surface area contributed by atoms with Crippen molar-refractivity contribution in [1.29, 1.82) is 0 Å². The molecule has 1 aliphatic rings. The molecule has 0 saturated heterocycles. The van der Waals surface area contributed by atoms with E-state index in [4.69, 9.17) is 30.9 Å². The zero-order valence-electron chi connectivity index (χ0n) is 20.0. The van der Waals surface area contributed by atoms with Gasteiger partial charge in [0.2, 0.25) is 0 Å². The highest BCUT2D eigenvalue weighted by molar-refractivity contribution is 6.30. The van der Waals surface area contributed by atoms with E-state index >= 15 is 4.39 Å². The number of aromatic nitrogens is 5. The van der Waals surface area contributed by atoms with Crippen LogP contribution in [-0.2, 0) is 22.5 Å². The summed E-state index contributed by atoms with van der Waals surface area (Å²) in [5.74, 6) is -0.458. The lowest BCUT2D eigenvalue weighted by atomic mass is 9.98. The lowest BCUT2D eigenvalue weighted by molar-refractivity contribution is -0.136. The number of benzene rings is 2. The Hall–Kier alpha value is -3.96. The molecule has 0 fully saturated rings. The molecule has 37 heavy (non-hydrogen) atoms. The largest absolute Gasteiger partial charge is 0.493 e. The summed E-state index contributed by atoms with van der Waals surface area (Å²) in [5.41, 5.74) is 2.21. The minimum Gasteiger partial charge on any atom is -0.493 e. The van der Waals surface area contributed by atoms with Gasteiger partial charge in [0.25, 0.3) is 0 Å². The Balaban J connectivity index is 1.58. The molecule has 0 aliphatic carbocycles. The van der Waals surface area contributed by atoms with Gasteiger partial charge in [-0.25, -0.2) is 4.39 Å². The van der Waals surface area contributed by atoms with Gasteiger partial charge in [-0.3, -0.25) is 4.79 Å². The minimum atomic E-state index is -1.04. The second kappa shape index (κ2) is 10.2. The van der Waals surface area contributed by atoms with E-state index in [1.54, 1.807) is 22.9 Å². The maximum absolute atomic E-state index is 15.5. The van der Waals surface area contributed by atoms with Crippen LogP contribution in [-0.4, -0.2) is 50.1 Å². The summed E-state index contributed by atoms with van der Waals surface area (Å²) in [6.07, 6.45) is 0.542. The van der Waals surface area contributed by atoms with E-state index in [2.05, 4.69) is 15.4 Å². The molecule has 10 nitrogen and oxygen atoms in total. The van der Waals surface area contributed by atoms with E-state index < -0.39 is 24.0 Å². The van der Waals surface area contributed by atoms with Crippen molar-refractivity contribution in [1.82, 2.24) is 24.8 Å². The predicted molar refractivity (Wildman–Crippen MR) is 130 cm³/mol. The number of hydrogen-bond acceptors (Lipinski definition) is 7. The summed E-state index contributed by atoms with van der Waals surface area (Å²) in [4.78, 5) is 12.3. The lowest BCUT2D eigenvalue weighted by Gasteiger charge is -2.25. The standard InChI is InChI=1S/C25H23ClFN5O5/c1-35-20-7-3-5-15(25(20)36-2)24-16-11-14(26)12-17(27)23(16)31-9-4-6-18(31)19(37-24)8-10-32-29-21(28-30-32)13-22(33)34/h3-7,9,11-12,19,24H,8,10,13H2,1-2H3,(H,33,34)/t19-,24-/m1/s1. The van der Waals surface area contributed by atoms with Crippen molar-refractivity contribution >= 4 is 17.6 Å². The molecule has 0 saturated carbocycles. The SMILES string of the molecule is COc1cccc([C@H]2O[C@H](CCn3nnc(CC(=O)O)n3)c3cccn3-c3c(F)cc(Cl)cc32)c1OC. The van der Waals surface area contributed by atoms with Crippen LogP contribution in [0.5, 0.6) is 11.5 Å². The number of para-hydroxylation sites is 1. The summed E-state index contributed by atoms with van der Waals surface area (Å²) in [7, 11) is 3.07. The van der Waals surface area contributed by atoms with E-state index in [9.17, 15) is 4.79 Å². The lowest BCUT2D eigenvalue weighted by Crippen LogP contribution is -2.15. The molecule has 2 aromatic carbocycles. The first-order valence-electron chi connectivity index (χ1n) is 11.4. The fourth-order valence-corrected chi connectivity index (χ4v) is 4.81. The molecule has 2 aromatic heterocycles. The van der Waals surface area contributed by atoms with Crippen LogP contribution in [0, 0.1) is 5.82 Å². The predicted octanol–water partition coefficient (Wildman–Crippen LogP) is 4.15. The third kappa shape index (κ3) is 4.75. The molecule has 0 unspecified atom stereocenters. The highest BCUT2D eigenvalue weighted by Crippen LogP contribution is 2.47. The van der Waals surface area contributed by atoms with Gasteiger partial charge < -0.3 is 23.9 Å². The topological polar surface area (TPSA) is 114 Å². The van der Waals surface area contributed by atoms with E-state index in [1.807, 2.05) is 24.3 Å². The zero-order valence-corrected chi connectivity index (χ0v) is 20.7. The molecule has 1 N–H and O–H groups in total. The number of carboxylic acids is 1. The number of halogens is 2. The maximum atomic E-state index is 15.5. The summed E-state index contributed by atoms with van der Waals surface area (Å²) in [6, 6.07) is 12.0. The molecule has 192 valence electrons. The van der Waals surface area contributed by atoms with Crippen molar-refractivity contribution in [2.75, 3.05) is 14.2 Å². The van der Waals surface area contributed by atoms with Crippen LogP contribution in [0.15, 0.2) is 48.7 Å². The Kier molecular flexibility index (Phi) is 6.81. The number of carboxylic acid groups (broad SMARTS) is 1. The van der Waals surface area contributed by atoms with E-state index in [1.165, 1.54) is 25.1 Å². The average molecular weight is 528 g/mol. The first-order chi connectivity index (χ1) is 17.9. The second-order valence-electron chi connectivity index (χ2n) is 8.38. The van der Waals surface area contributed by atoms with E-state index in [-0.39, 0.29) is 23.8 Å². The fraction of sp³-hybridized carbons (Fsp3) is 0.280. The molecule has 0 amide bonds. The number of tetrazole rings is 1. The van der Waals surface area contributed by atoms with Crippen molar-refractivity contribution in [2.45, 2.75) is 31.6 Å². The van der Waals surface area contributed by atoms with Crippen molar-refractivity contribution in [3.63, 3.8) is 0 Å². The summed E-state index contributed by atoms with van der Waals surface area (Å²) in [5, 5.41) is 21.1. The number of fused-ring (bicyclic) bond motifs is 3. The highest BCUT2D eigenvalue weighted by atomic mass is 35.5. The van der Waals surface area contributed by atoms with Gasteiger partial charge in [-0.05, 0) is 35.5 Å². The van der Waals surface area contributed by atoms with Crippen LogP contribution in [0.3, 0.4) is 0 Å². The molecule has 1 aliphatic heterocycles. The normalized spacial score (nSPS) is 16.5. The van der Waals surface area contributed by atoms with Crippen molar-refractivity contribution in [3.8, 4) is 17.2 Å². The fourth-order valence-electron chi connectivity index (χ4n) is 4.59. The molecule has 0 radical (unpaired) electrons. The number of aliphatic carboxylic acids is 1. The van der Waals surface area contributed by atoms with Crippen LogP contribution in [0.25, 0.3) is 5.69 Å². The van der Waals surface area contributed by atoms with Gasteiger partial charge in [0.05, 0.1) is 32.1 Å². The van der Waals surface area contributed by atoms with Gasteiger partial charge in [-0.1, -0.05) is 23.7 Å². The minimum absolute atomic E-state index is 0.112. The molecule has 0 bridgehead atoms. The first-order valence-corrected chi connectivity index (χ1v) is 11.8. The molecule has 4 aromatic rings. The molecular formula is C25H23ClFN5O5. The molecule has 12 heteroatoms. The Labute approximate surface area is 216 Å². The highest BCUT2D eigenvalue weighted by Gasteiger charge is 2.34. The molecule has 3 heterocycles. The van der Waals surface area contributed by atoms with Gasteiger partial charge in [0, 0.05) is 28.8 Å². The summed E-state index contributed by atoms with van der Waals surface area (Å²) in [6.45, 7) is 0.282. The number of hydrogen-bond donors (Lipinski definition) is 1.